The minimum atomic E-state index is 0. The minimum Gasteiger partial charge on any atom is -0.490 e. The van der Waals surface area contributed by atoms with Crippen LogP contribution in [-0.2, 0) is 36.4 Å². The summed E-state index contributed by atoms with van der Waals surface area (Å²) in [4.78, 5) is 11.3. The third-order valence-corrected chi connectivity index (χ3v) is 10.2. The first-order valence-corrected chi connectivity index (χ1v) is 16.8. The molecule has 1 aromatic heterocycles. The Kier molecular flexibility index (Phi) is 8.85. The van der Waals surface area contributed by atoms with E-state index in [1.54, 1.807) is 6.20 Å². The van der Waals surface area contributed by atoms with E-state index in [9.17, 15) is 0 Å². The Hall–Kier alpha value is -3.92. The van der Waals surface area contributed by atoms with Crippen LogP contribution < -0.4 is 14.7 Å². The molecule has 3 aliphatic rings. The number of pyridine rings is 1. The van der Waals surface area contributed by atoms with E-state index in [0.717, 1.165) is 16.9 Å². The van der Waals surface area contributed by atoms with Gasteiger partial charge in [0.2, 0.25) is 0 Å². The van der Waals surface area contributed by atoms with Gasteiger partial charge in [0.1, 0.15) is 0 Å². The topological polar surface area (TPSA) is 22.6 Å². The van der Waals surface area contributed by atoms with Crippen molar-refractivity contribution in [1.82, 2.24) is 4.98 Å². The Labute approximate surface area is 301 Å². The van der Waals surface area contributed by atoms with Crippen LogP contribution in [0.3, 0.4) is 0 Å². The van der Waals surface area contributed by atoms with Crippen molar-refractivity contribution >= 4 is 34.1 Å². The van der Waals surface area contributed by atoms with Crippen molar-refractivity contribution in [2.75, 3.05) is 21.7 Å². The molecule has 0 fully saturated rings. The summed E-state index contributed by atoms with van der Waals surface area (Å²) < 4.78 is 0. The van der Waals surface area contributed by atoms with Crippen LogP contribution in [0.25, 0.3) is 11.3 Å². The summed E-state index contributed by atoms with van der Waals surface area (Å²) in [6, 6.07) is 38.6. The van der Waals surface area contributed by atoms with Crippen LogP contribution in [0.1, 0.15) is 78.0 Å². The van der Waals surface area contributed by atoms with Gasteiger partial charge in [-0.2, -0.15) is 12.1 Å². The SMILES string of the molecule is CN1c2cccc3c2N([CH-]N3c2ccc(C(C)(C)C)cc2)c2[c-]cc3c(c21)C(C)(C)CCC3(C)C.[Ir+3].[c-]1ccccc1-c1ccccn1. The van der Waals surface area contributed by atoms with E-state index in [0.29, 0.717) is 0 Å². The number of fused-ring (bicyclic) bond motifs is 4. The third-order valence-electron chi connectivity index (χ3n) is 10.2. The van der Waals surface area contributed by atoms with Crippen LogP contribution in [0, 0.1) is 18.8 Å². The molecule has 0 saturated heterocycles. The van der Waals surface area contributed by atoms with E-state index in [1.807, 2.05) is 42.5 Å². The van der Waals surface area contributed by atoms with Crippen LogP contribution in [0.4, 0.5) is 34.1 Å². The Morgan fingerprint density at radius 1 is 0.750 bits per heavy atom. The Bertz CT molecular complexity index is 1870. The number of hydrogen-bond donors (Lipinski definition) is 0. The van der Waals surface area contributed by atoms with Crippen molar-refractivity contribution in [3.05, 3.63) is 133 Å². The molecule has 5 heteroatoms. The van der Waals surface area contributed by atoms with Crippen molar-refractivity contribution in [2.24, 2.45) is 0 Å². The summed E-state index contributed by atoms with van der Waals surface area (Å²) in [5.41, 5.74) is 14.1. The van der Waals surface area contributed by atoms with E-state index < -0.39 is 0 Å². The van der Waals surface area contributed by atoms with Crippen molar-refractivity contribution in [3.8, 4) is 11.3 Å². The molecule has 0 unspecified atom stereocenters. The number of anilines is 6. The first-order chi connectivity index (χ1) is 22.4. The zero-order valence-corrected chi connectivity index (χ0v) is 31.7. The maximum atomic E-state index is 4.22. The van der Waals surface area contributed by atoms with Gasteiger partial charge in [0, 0.05) is 17.6 Å². The number of rotatable bonds is 2. The molecular weight excluding hydrogens is 765 g/mol. The molecule has 3 heterocycles. The van der Waals surface area contributed by atoms with Crippen molar-refractivity contribution < 1.29 is 20.1 Å². The molecule has 0 radical (unpaired) electrons. The standard InChI is InChI=1S/C32H37N3.C11H8N.Ir/c1-30(2,3)21-12-14-22(15-13-21)34-20-35-26-17-16-23-27(32(6,7)19-18-31(23,4)5)29(26)33(8)24-10-9-11-25(34)28(24)35;1-2-6-10(7-3-1)11-8-4-5-9-12-11;/h9-16,20H,18-19H2,1-8H3;1-6,8-9H;/q-2;-1;+3. The predicted octanol–water partition coefficient (Wildman–Crippen LogP) is 11.2. The van der Waals surface area contributed by atoms with Crippen LogP contribution in [0.2, 0.25) is 0 Å². The van der Waals surface area contributed by atoms with Crippen LogP contribution >= 0.6 is 0 Å². The predicted molar refractivity (Wildman–Crippen MR) is 197 cm³/mol. The molecule has 1 aliphatic carbocycles. The average Bonchev–Trinajstić information content (AvgIpc) is 3.46. The number of para-hydroxylation sites is 1. The second-order valence-corrected chi connectivity index (χ2v) is 15.4. The fourth-order valence-corrected chi connectivity index (χ4v) is 7.30. The molecular formula is C43H45IrN4. The molecule has 5 aromatic rings. The summed E-state index contributed by atoms with van der Waals surface area (Å²) in [6.45, 7) is 18.7. The van der Waals surface area contributed by atoms with Gasteiger partial charge < -0.3 is 19.7 Å². The second-order valence-electron chi connectivity index (χ2n) is 15.4. The molecule has 0 spiro atoms. The monoisotopic (exact) mass is 810 g/mol. The van der Waals surface area contributed by atoms with Gasteiger partial charge in [-0.25, -0.2) is 0 Å². The molecule has 4 aromatic carbocycles. The molecule has 4 nitrogen and oxygen atoms in total. The molecule has 0 N–H and O–H groups in total. The van der Waals surface area contributed by atoms with Gasteiger partial charge >= 0.3 is 20.1 Å². The zero-order chi connectivity index (χ0) is 33.1. The largest absolute Gasteiger partial charge is 3.00 e. The van der Waals surface area contributed by atoms with Gasteiger partial charge in [-0.1, -0.05) is 96.3 Å². The fraction of sp³-hybridized carbons (Fsp3) is 0.302. The van der Waals surface area contributed by atoms with E-state index in [4.69, 9.17) is 0 Å². The average molecular weight is 810 g/mol. The van der Waals surface area contributed by atoms with Gasteiger partial charge in [0.15, 0.2) is 0 Å². The number of nitrogens with zero attached hydrogens (tertiary/aromatic N) is 4. The van der Waals surface area contributed by atoms with Gasteiger partial charge in [-0.15, -0.1) is 53.7 Å². The van der Waals surface area contributed by atoms with E-state index in [1.165, 1.54) is 58.0 Å². The molecule has 0 bridgehead atoms. The quantitative estimate of drug-likeness (QED) is 0.166. The second kappa shape index (κ2) is 12.5. The fourth-order valence-electron chi connectivity index (χ4n) is 7.30. The number of benzene rings is 4. The van der Waals surface area contributed by atoms with E-state index in [2.05, 4.69) is 143 Å². The van der Waals surface area contributed by atoms with Gasteiger partial charge in [-0.05, 0) is 71.6 Å². The molecule has 0 amide bonds. The first kappa shape index (κ1) is 34.0. The summed E-state index contributed by atoms with van der Waals surface area (Å²) in [5, 5.41) is 0. The minimum absolute atomic E-state index is 0. The van der Waals surface area contributed by atoms with Crippen LogP contribution in [0.5, 0.6) is 0 Å². The Balaban J connectivity index is 0.000000260. The molecule has 48 heavy (non-hydrogen) atoms. The van der Waals surface area contributed by atoms with E-state index >= 15 is 0 Å². The molecule has 8 rings (SSSR count). The van der Waals surface area contributed by atoms with Crippen LogP contribution in [-0.4, -0.2) is 12.0 Å². The van der Waals surface area contributed by atoms with Crippen molar-refractivity contribution in [1.29, 1.82) is 0 Å². The maximum Gasteiger partial charge on any atom is 3.00 e. The molecule has 2 aliphatic heterocycles. The molecule has 246 valence electrons. The van der Waals surface area contributed by atoms with Gasteiger partial charge in [0.25, 0.3) is 0 Å². The normalized spacial score (nSPS) is 16.5. The van der Waals surface area contributed by atoms with E-state index in [-0.39, 0.29) is 36.4 Å². The van der Waals surface area contributed by atoms with Crippen molar-refractivity contribution in [3.63, 3.8) is 0 Å². The molecule has 0 saturated carbocycles. The number of aromatic nitrogens is 1. The smallest absolute Gasteiger partial charge is 0.490 e. The van der Waals surface area contributed by atoms with Gasteiger partial charge in [-0.3, -0.25) is 0 Å². The zero-order valence-electron chi connectivity index (χ0n) is 29.4. The number of hydrogen-bond acceptors (Lipinski definition) is 4. The summed E-state index contributed by atoms with van der Waals surface area (Å²) in [6.07, 6.45) is 4.19. The third kappa shape index (κ3) is 5.86. The molecule has 0 atom stereocenters. The summed E-state index contributed by atoms with van der Waals surface area (Å²) in [5.74, 6) is 0. The Morgan fingerprint density at radius 3 is 2.12 bits per heavy atom. The van der Waals surface area contributed by atoms with Crippen molar-refractivity contribution in [2.45, 2.75) is 77.6 Å². The first-order valence-electron chi connectivity index (χ1n) is 16.8. The van der Waals surface area contributed by atoms with Crippen LogP contribution in [0.15, 0.2) is 97.2 Å². The summed E-state index contributed by atoms with van der Waals surface area (Å²) >= 11 is 0. The summed E-state index contributed by atoms with van der Waals surface area (Å²) in [7, 11) is 2.23. The maximum absolute atomic E-state index is 4.22. The van der Waals surface area contributed by atoms with Gasteiger partial charge in [0.05, 0.1) is 11.4 Å². The Morgan fingerprint density at radius 2 is 1.46 bits per heavy atom.